The van der Waals surface area contributed by atoms with Gasteiger partial charge in [-0.3, -0.25) is 5.10 Å². The molecule has 7 heteroatoms. The number of hydrogen-bond donors (Lipinski definition) is 3. The van der Waals surface area contributed by atoms with Gasteiger partial charge in [-0.15, -0.1) is 0 Å². The number of aromatic nitrogens is 2. The molecule has 6 nitrogen and oxygen atoms in total. The Morgan fingerprint density at radius 1 is 0.767 bits per heavy atom. The Hall–Kier alpha value is -3.64. The molecule has 0 atom stereocenters. The average molecular weight is 423 g/mol. The van der Waals surface area contributed by atoms with E-state index in [1.165, 1.54) is 12.1 Å². The summed E-state index contributed by atoms with van der Waals surface area (Å²) in [5.41, 5.74) is 4.77. The summed E-state index contributed by atoms with van der Waals surface area (Å²) in [6.07, 6.45) is 1.68. The summed E-state index contributed by atoms with van der Waals surface area (Å²) in [7, 11) is 3.21. The molecule has 0 spiro atoms. The van der Waals surface area contributed by atoms with Crippen molar-refractivity contribution in [3.63, 3.8) is 0 Å². The van der Waals surface area contributed by atoms with Gasteiger partial charge in [-0.2, -0.15) is 5.10 Å². The van der Waals surface area contributed by atoms with E-state index in [0.717, 1.165) is 22.3 Å². The number of hydrogen-bond acceptors (Lipinski definition) is 5. The highest BCUT2D eigenvalue weighted by Crippen LogP contribution is 2.40. The Morgan fingerprint density at radius 3 is 2.13 bits per heavy atom. The number of phenolic OH excluding ortho intramolecular Hbond substituents is 2. The SMILES string of the molecule is COc1ccc(-c2ccc(-c3cn[nH]c3-c3cc(Cl)c(O)cc3O)cc2)cc1OC. The first kappa shape index (κ1) is 19.7. The van der Waals surface area contributed by atoms with Gasteiger partial charge in [0.1, 0.15) is 11.5 Å². The van der Waals surface area contributed by atoms with Crippen LogP contribution in [0.2, 0.25) is 5.02 Å². The maximum Gasteiger partial charge on any atom is 0.161 e. The van der Waals surface area contributed by atoms with Crippen LogP contribution in [-0.4, -0.2) is 34.6 Å². The first-order valence-corrected chi connectivity index (χ1v) is 9.47. The van der Waals surface area contributed by atoms with Gasteiger partial charge < -0.3 is 19.7 Å². The number of ether oxygens (including phenoxy) is 2. The predicted molar refractivity (Wildman–Crippen MR) is 116 cm³/mol. The standard InChI is InChI=1S/C23H19ClN2O4/c1-29-21-8-7-15(9-22(21)30-2)13-3-5-14(6-4-13)17-12-25-26-23(17)16-10-18(24)20(28)11-19(16)27/h3-12,27-28H,1-2H3,(H,25,26). The fourth-order valence-electron chi connectivity index (χ4n) is 3.32. The van der Waals surface area contributed by atoms with Crippen LogP contribution in [0.1, 0.15) is 0 Å². The van der Waals surface area contributed by atoms with E-state index in [-0.39, 0.29) is 16.5 Å². The largest absolute Gasteiger partial charge is 0.507 e. The highest BCUT2D eigenvalue weighted by molar-refractivity contribution is 6.32. The Bertz CT molecular complexity index is 1200. The maximum atomic E-state index is 10.3. The van der Waals surface area contributed by atoms with E-state index in [2.05, 4.69) is 10.2 Å². The van der Waals surface area contributed by atoms with Gasteiger partial charge in [0, 0.05) is 17.2 Å². The van der Waals surface area contributed by atoms with Crippen molar-refractivity contribution < 1.29 is 19.7 Å². The number of benzene rings is 3. The second kappa shape index (κ2) is 8.00. The molecule has 0 unspecified atom stereocenters. The number of phenols is 2. The fourth-order valence-corrected chi connectivity index (χ4v) is 3.48. The van der Waals surface area contributed by atoms with Crippen molar-refractivity contribution in [1.29, 1.82) is 0 Å². The quantitative estimate of drug-likeness (QED) is 0.395. The summed E-state index contributed by atoms with van der Waals surface area (Å²) in [6, 6.07) is 16.4. The summed E-state index contributed by atoms with van der Waals surface area (Å²) in [5.74, 6) is 1.06. The van der Waals surface area contributed by atoms with Crippen LogP contribution in [-0.2, 0) is 0 Å². The van der Waals surface area contributed by atoms with E-state index in [1.54, 1.807) is 20.4 Å². The average Bonchev–Trinajstić information content (AvgIpc) is 3.25. The molecule has 3 N–H and O–H groups in total. The van der Waals surface area contributed by atoms with Crippen LogP contribution in [0.4, 0.5) is 0 Å². The molecular weight excluding hydrogens is 404 g/mol. The lowest BCUT2D eigenvalue weighted by atomic mass is 9.98. The van der Waals surface area contributed by atoms with Crippen molar-refractivity contribution in [2.24, 2.45) is 0 Å². The first-order chi connectivity index (χ1) is 14.5. The second-order valence-electron chi connectivity index (χ2n) is 6.63. The van der Waals surface area contributed by atoms with Crippen LogP contribution in [0.25, 0.3) is 33.5 Å². The van der Waals surface area contributed by atoms with Gasteiger partial charge in [-0.1, -0.05) is 41.9 Å². The molecule has 0 aliphatic heterocycles. The third-order valence-electron chi connectivity index (χ3n) is 4.89. The van der Waals surface area contributed by atoms with E-state index >= 15 is 0 Å². The van der Waals surface area contributed by atoms with Crippen LogP contribution in [0.5, 0.6) is 23.0 Å². The number of methoxy groups -OCH3 is 2. The highest BCUT2D eigenvalue weighted by Gasteiger charge is 2.16. The molecule has 0 saturated heterocycles. The highest BCUT2D eigenvalue weighted by atomic mass is 35.5. The van der Waals surface area contributed by atoms with Crippen molar-refractivity contribution >= 4 is 11.6 Å². The van der Waals surface area contributed by atoms with E-state index in [1.807, 2.05) is 42.5 Å². The molecule has 4 rings (SSSR count). The molecule has 3 aromatic carbocycles. The van der Waals surface area contributed by atoms with Gasteiger partial charge in [0.15, 0.2) is 11.5 Å². The van der Waals surface area contributed by atoms with Crippen LogP contribution in [0.15, 0.2) is 60.8 Å². The molecule has 0 radical (unpaired) electrons. The number of nitrogens with one attached hydrogen (secondary N) is 1. The molecule has 1 aromatic heterocycles. The van der Waals surface area contributed by atoms with Crippen molar-refractivity contribution in [2.45, 2.75) is 0 Å². The Morgan fingerprint density at radius 2 is 1.43 bits per heavy atom. The van der Waals surface area contributed by atoms with Crippen LogP contribution >= 0.6 is 11.6 Å². The Balaban J connectivity index is 1.70. The van der Waals surface area contributed by atoms with Crippen LogP contribution in [0, 0.1) is 0 Å². The molecule has 0 bridgehead atoms. The fraction of sp³-hybridized carbons (Fsp3) is 0.0870. The second-order valence-corrected chi connectivity index (χ2v) is 7.03. The van der Waals surface area contributed by atoms with E-state index in [0.29, 0.717) is 22.8 Å². The zero-order valence-electron chi connectivity index (χ0n) is 16.3. The number of aromatic amines is 1. The van der Waals surface area contributed by atoms with E-state index in [4.69, 9.17) is 21.1 Å². The molecule has 1 heterocycles. The summed E-state index contributed by atoms with van der Waals surface area (Å²) in [6.45, 7) is 0. The molecule has 0 fully saturated rings. The van der Waals surface area contributed by atoms with Crippen molar-refractivity contribution in [1.82, 2.24) is 10.2 Å². The van der Waals surface area contributed by atoms with Crippen molar-refractivity contribution in [3.8, 4) is 56.5 Å². The minimum atomic E-state index is -0.182. The van der Waals surface area contributed by atoms with Crippen molar-refractivity contribution in [2.75, 3.05) is 14.2 Å². The molecule has 0 amide bonds. The van der Waals surface area contributed by atoms with Gasteiger partial charge in [0.05, 0.1) is 31.1 Å². The van der Waals surface area contributed by atoms with Crippen LogP contribution < -0.4 is 9.47 Å². The van der Waals surface area contributed by atoms with Gasteiger partial charge >= 0.3 is 0 Å². The summed E-state index contributed by atoms with van der Waals surface area (Å²) >= 11 is 6.02. The molecule has 0 aliphatic carbocycles. The van der Waals surface area contributed by atoms with E-state index in [9.17, 15) is 10.2 Å². The molecule has 4 aromatic rings. The number of nitrogens with zero attached hydrogens (tertiary/aromatic N) is 1. The lowest BCUT2D eigenvalue weighted by Crippen LogP contribution is -1.91. The van der Waals surface area contributed by atoms with Gasteiger partial charge in [0.2, 0.25) is 0 Å². The normalized spacial score (nSPS) is 10.8. The monoisotopic (exact) mass is 422 g/mol. The summed E-state index contributed by atoms with van der Waals surface area (Å²) in [4.78, 5) is 0. The van der Waals surface area contributed by atoms with E-state index < -0.39 is 0 Å². The molecule has 30 heavy (non-hydrogen) atoms. The zero-order valence-corrected chi connectivity index (χ0v) is 17.1. The summed E-state index contributed by atoms with van der Waals surface area (Å²) < 4.78 is 10.7. The number of H-pyrrole nitrogens is 1. The smallest absolute Gasteiger partial charge is 0.161 e. The van der Waals surface area contributed by atoms with Gasteiger partial charge in [-0.05, 0) is 34.9 Å². The van der Waals surface area contributed by atoms with Crippen molar-refractivity contribution in [3.05, 3.63) is 65.8 Å². The number of halogens is 1. The number of rotatable bonds is 5. The predicted octanol–water partition coefficient (Wildman–Crippen LogP) is 5.49. The zero-order chi connectivity index (χ0) is 21.3. The van der Waals surface area contributed by atoms with Crippen LogP contribution in [0.3, 0.4) is 0 Å². The molecule has 0 aliphatic rings. The number of aromatic hydroxyl groups is 2. The molecular formula is C23H19ClN2O4. The minimum Gasteiger partial charge on any atom is -0.507 e. The topological polar surface area (TPSA) is 87.6 Å². The third-order valence-corrected chi connectivity index (χ3v) is 5.19. The first-order valence-electron chi connectivity index (χ1n) is 9.10. The lowest BCUT2D eigenvalue weighted by Gasteiger charge is -2.11. The Labute approximate surface area is 178 Å². The third kappa shape index (κ3) is 3.53. The maximum absolute atomic E-state index is 10.3. The van der Waals surface area contributed by atoms with Gasteiger partial charge in [-0.25, -0.2) is 0 Å². The lowest BCUT2D eigenvalue weighted by molar-refractivity contribution is 0.355. The van der Waals surface area contributed by atoms with Gasteiger partial charge in [0.25, 0.3) is 0 Å². The molecule has 152 valence electrons. The molecule has 0 saturated carbocycles. The summed E-state index contributed by atoms with van der Waals surface area (Å²) in [5, 5.41) is 27.1. The Kier molecular flexibility index (Phi) is 5.25. The minimum absolute atomic E-state index is 0.0932.